The van der Waals surface area contributed by atoms with Gasteiger partial charge in [-0.1, -0.05) is 6.42 Å². The molecule has 0 aromatic carbocycles. The highest BCUT2D eigenvalue weighted by Crippen LogP contribution is 2.33. The summed E-state index contributed by atoms with van der Waals surface area (Å²) in [6.45, 7) is 0.434. The molecule has 0 amide bonds. The molecule has 1 N–H and O–H groups in total. The Hall–Kier alpha value is -1.17. The highest BCUT2D eigenvalue weighted by atomic mass is 32.2. The van der Waals surface area contributed by atoms with Crippen LogP contribution in [0.1, 0.15) is 25.7 Å². The van der Waals surface area contributed by atoms with Crippen molar-refractivity contribution in [1.29, 1.82) is 5.26 Å². The molecule has 0 aliphatic heterocycles. The Morgan fingerprint density at radius 3 is 2.70 bits per heavy atom. The van der Waals surface area contributed by atoms with E-state index in [1.807, 2.05) is 6.07 Å². The van der Waals surface area contributed by atoms with E-state index in [0.29, 0.717) is 19.3 Å². The van der Waals surface area contributed by atoms with Crippen LogP contribution in [0.4, 0.5) is 0 Å². The number of nitriles is 1. The summed E-state index contributed by atoms with van der Waals surface area (Å²) in [5.74, 6) is -1.92. The lowest BCUT2D eigenvalue weighted by molar-refractivity contribution is -0.141. The lowest BCUT2D eigenvalue weighted by Gasteiger charge is -2.26. The maximum absolute atomic E-state index is 12.6. The fourth-order valence-corrected chi connectivity index (χ4v) is 4.68. The smallest absolute Gasteiger partial charge is 0.307 e. The van der Waals surface area contributed by atoms with Gasteiger partial charge < -0.3 is 9.84 Å². The summed E-state index contributed by atoms with van der Waals surface area (Å²) >= 11 is 0. The van der Waals surface area contributed by atoms with E-state index in [1.54, 1.807) is 0 Å². The maximum atomic E-state index is 12.6. The van der Waals surface area contributed by atoms with Crippen molar-refractivity contribution >= 4 is 16.0 Å². The van der Waals surface area contributed by atoms with Gasteiger partial charge in [-0.2, -0.15) is 9.57 Å². The second-order valence-corrected chi connectivity index (χ2v) is 6.91. The molecule has 2 atom stereocenters. The van der Waals surface area contributed by atoms with Crippen molar-refractivity contribution in [3.63, 3.8) is 0 Å². The number of hydrogen-bond acceptors (Lipinski definition) is 5. The summed E-state index contributed by atoms with van der Waals surface area (Å²) in [5.41, 5.74) is 0. The molecule has 0 saturated heterocycles. The van der Waals surface area contributed by atoms with Crippen molar-refractivity contribution in [2.24, 2.45) is 5.92 Å². The maximum Gasteiger partial charge on any atom is 0.307 e. The molecule has 1 fully saturated rings. The van der Waals surface area contributed by atoms with Gasteiger partial charge in [-0.15, -0.1) is 0 Å². The summed E-state index contributed by atoms with van der Waals surface area (Å²) in [6.07, 6.45) is 1.41. The predicted molar refractivity (Wildman–Crippen MR) is 71.4 cm³/mol. The quantitative estimate of drug-likeness (QED) is 0.696. The summed E-state index contributed by atoms with van der Waals surface area (Å²) in [4.78, 5) is 11.1. The molecule has 0 bridgehead atoms. The van der Waals surface area contributed by atoms with Crippen LogP contribution in [0.5, 0.6) is 0 Å². The van der Waals surface area contributed by atoms with Crippen LogP contribution in [0.3, 0.4) is 0 Å². The van der Waals surface area contributed by atoms with Crippen molar-refractivity contribution in [3.05, 3.63) is 0 Å². The Bertz CT molecular complexity index is 471. The zero-order valence-corrected chi connectivity index (χ0v) is 12.3. The van der Waals surface area contributed by atoms with Gasteiger partial charge in [-0.25, -0.2) is 8.42 Å². The van der Waals surface area contributed by atoms with Crippen molar-refractivity contribution in [3.8, 4) is 6.07 Å². The van der Waals surface area contributed by atoms with Crippen molar-refractivity contribution in [1.82, 2.24) is 4.31 Å². The number of carboxylic acids is 1. The predicted octanol–water partition coefficient (Wildman–Crippen LogP) is 0.432. The number of sulfonamides is 1. The molecule has 7 nitrogen and oxygen atoms in total. The van der Waals surface area contributed by atoms with Gasteiger partial charge in [0, 0.05) is 26.6 Å². The molecule has 0 aromatic rings. The van der Waals surface area contributed by atoms with Crippen molar-refractivity contribution in [2.75, 3.05) is 26.8 Å². The lowest BCUT2D eigenvalue weighted by atomic mass is 10.1. The van der Waals surface area contributed by atoms with E-state index >= 15 is 0 Å². The van der Waals surface area contributed by atoms with Crippen LogP contribution in [0, 0.1) is 17.2 Å². The lowest BCUT2D eigenvalue weighted by Crippen LogP contribution is -2.44. The van der Waals surface area contributed by atoms with Crippen LogP contribution in [-0.4, -0.2) is 55.9 Å². The van der Waals surface area contributed by atoms with E-state index in [9.17, 15) is 13.2 Å². The number of aliphatic carboxylic acids is 1. The Morgan fingerprint density at radius 1 is 1.45 bits per heavy atom. The number of hydrogen-bond donors (Lipinski definition) is 1. The first-order valence-corrected chi connectivity index (χ1v) is 8.03. The fraction of sp³-hybridized carbons (Fsp3) is 0.833. The first-order chi connectivity index (χ1) is 9.45. The van der Waals surface area contributed by atoms with Crippen molar-refractivity contribution in [2.45, 2.75) is 30.9 Å². The van der Waals surface area contributed by atoms with E-state index < -0.39 is 27.2 Å². The second kappa shape index (κ2) is 7.57. The molecule has 1 rings (SSSR count). The molecular formula is C12H20N2O5S. The average Bonchev–Trinajstić information content (AvgIpc) is 2.88. The molecule has 1 aliphatic rings. The second-order valence-electron chi connectivity index (χ2n) is 4.76. The van der Waals surface area contributed by atoms with Crippen LogP contribution in [0.25, 0.3) is 0 Å². The topological polar surface area (TPSA) is 108 Å². The van der Waals surface area contributed by atoms with E-state index in [2.05, 4.69) is 0 Å². The summed E-state index contributed by atoms with van der Waals surface area (Å²) in [5, 5.41) is 16.8. The summed E-state index contributed by atoms with van der Waals surface area (Å²) in [7, 11) is -2.26. The van der Waals surface area contributed by atoms with Gasteiger partial charge in [-0.3, -0.25) is 4.79 Å². The molecule has 114 valence electrons. The first kappa shape index (κ1) is 16.9. The molecular weight excluding hydrogens is 284 g/mol. The standard InChI is InChI=1S/C12H20N2O5S/c1-19-9-8-14(7-3-6-13)20(17,18)11-5-2-4-10(11)12(15)16/h10-11H,2-5,7-9H2,1H3,(H,15,16). The van der Waals surface area contributed by atoms with Gasteiger partial charge in [0.1, 0.15) is 0 Å². The SMILES string of the molecule is COCCN(CCC#N)S(=O)(=O)C1CCCC1C(=O)O. The highest BCUT2D eigenvalue weighted by Gasteiger charge is 2.44. The molecule has 0 aromatic heterocycles. The number of ether oxygens (including phenoxy) is 1. The zero-order valence-electron chi connectivity index (χ0n) is 11.5. The minimum Gasteiger partial charge on any atom is -0.481 e. The number of carboxylic acid groups (broad SMARTS) is 1. The van der Waals surface area contributed by atoms with Crippen LogP contribution in [0.15, 0.2) is 0 Å². The average molecular weight is 304 g/mol. The third kappa shape index (κ3) is 3.91. The van der Waals surface area contributed by atoms with Gasteiger partial charge in [0.2, 0.25) is 10.0 Å². The largest absolute Gasteiger partial charge is 0.481 e. The zero-order chi connectivity index (χ0) is 15.2. The summed E-state index contributed by atoms with van der Waals surface area (Å²) in [6, 6.07) is 1.91. The van der Waals surface area contributed by atoms with Gasteiger partial charge in [0.15, 0.2) is 0 Å². The van der Waals surface area contributed by atoms with E-state index in [4.69, 9.17) is 15.1 Å². The Morgan fingerprint density at radius 2 is 2.15 bits per heavy atom. The van der Waals surface area contributed by atoms with Crippen LogP contribution in [0.2, 0.25) is 0 Å². The molecule has 1 aliphatic carbocycles. The first-order valence-electron chi connectivity index (χ1n) is 6.52. The molecule has 0 radical (unpaired) electrons. The minimum absolute atomic E-state index is 0.0744. The monoisotopic (exact) mass is 304 g/mol. The number of methoxy groups -OCH3 is 1. The third-order valence-corrected chi connectivity index (χ3v) is 5.94. The van der Waals surface area contributed by atoms with E-state index in [-0.39, 0.29) is 26.1 Å². The highest BCUT2D eigenvalue weighted by molar-refractivity contribution is 7.89. The normalized spacial score (nSPS) is 22.9. The van der Waals surface area contributed by atoms with E-state index in [0.717, 1.165) is 0 Å². The Labute approximate surface area is 119 Å². The Kier molecular flexibility index (Phi) is 6.39. The minimum atomic E-state index is -3.72. The van der Waals surface area contributed by atoms with Gasteiger partial charge in [-0.05, 0) is 12.8 Å². The molecule has 1 saturated carbocycles. The number of nitrogens with zero attached hydrogens (tertiary/aromatic N) is 2. The van der Waals surface area contributed by atoms with Gasteiger partial charge in [0.05, 0.1) is 23.8 Å². The van der Waals surface area contributed by atoms with Crippen LogP contribution >= 0.6 is 0 Å². The van der Waals surface area contributed by atoms with Crippen LogP contribution < -0.4 is 0 Å². The van der Waals surface area contributed by atoms with Gasteiger partial charge in [0.25, 0.3) is 0 Å². The molecule has 0 spiro atoms. The Balaban J connectivity index is 2.90. The number of carbonyl (C=O) groups is 1. The molecule has 0 heterocycles. The molecule has 8 heteroatoms. The molecule has 20 heavy (non-hydrogen) atoms. The third-order valence-electron chi connectivity index (χ3n) is 3.53. The number of rotatable bonds is 8. The molecule has 2 unspecified atom stereocenters. The summed E-state index contributed by atoms with van der Waals surface area (Å²) < 4.78 is 31.2. The van der Waals surface area contributed by atoms with E-state index in [1.165, 1.54) is 11.4 Å². The fourth-order valence-electron chi connectivity index (χ4n) is 2.49. The van der Waals surface area contributed by atoms with Crippen molar-refractivity contribution < 1.29 is 23.1 Å². The van der Waals surface area contributed by atoms with Crippen LogP contribution in [-0.2, 0) is 19.6 Å². The van der Waals surface area contributed by atoms with Gasteiger partial charge >= 0.3 is 5.97 Å².